The lowest BCUT2D eigenvalue weighted by molar-refractivity contribution is 0.306. The second-order valence-electron chi connectivity index (χ2n) is 4.56. The Morgan fingerprint density at radius 3 is 2.70 bits per heavy atom. The van der Waals surface area contributed by atoms with Gasteiger partial charge < -0.3 is 10.1 Å². The third-order valence-corrected chi connectivity index (χ3v) is 3.23. The summed E-state index contributed by atoms with van der Waals surface area (Å²) in [5, 5.41) is 4.25. The summed E-state index contributed by atoms with van der Waals surface area (Å²) < 4.78 is 5.84. The first-order chi connectivity index (χ1) is 9.86. The maximum Gasteiger partial charge on any atom is 0.120 e. The molecule has 3 heteroatoms. The third-order valence-electron chi connectivity index (χ3n) is 3.23. The molecule has 0 aliphatic heterocycles. The van der Waals surface area contributed by atoms with Gasteiger partial charge in [0.1, 0.15) is 12.4 Å². The van der Waals surface area contributed by atoms with E-state index in [-0.39, 0.29) is 0 Å². The van der Waals surface area contributed by atoms with Crippen molar-refractivity contribution in [2.75, 3.05) is 12.4 Å². The molecule has 1 aromatic heterocycles. The van der Waals surface area contributed by atoms with Crippen LogP contribution in [0.25, 0.3) is 10.9 Å². The van der Waals surface area contributed by atoms with E-state index in [1.165, 1.54) is 0 Å². The zero-order chi connectivity index (χ0) is 13.8. The van der Waals surface area contributed by atoms with Crippen LogP contribution < -0.4 is 10.1 Å². The van der Waals surface area contributed by atoms with Crippen molar-refractivity contribution in [3.05, 3.63) is 66.4 Å². The number of anilines is 1. The van der Waals surface area contributed by atoms with Crippen molar-refractivity contribution in [2.45, 2.75) is 6.61 Å². The number of pyridine rings is 1. The minimum absolute atomic E-state index is 0.571. The number of nitrogens with one attached hydrogen (secondary N) is 1. The van der Waals surface area contributed by atoms with E-state index >= 15 is 0 Å². The second kappa shape index (κ2) is 5.61. The molecule has 0 saturated carbocycles. The van der Waals surface area contributed by atoms with Gasteiger partial charge in [0, 0.05) is 24.3 Å². The van der Waals surface area contributed by atoms with Gasteiger partial charge in [-0.1, -0.05) is 30.3 Å². The lowest BCUT2D eigenvalue weighted by Gasteiger charge is -2.09. The number of benzene rings is 2. The molecule has 0 amide bonds. The number of hydrogen-bond donors (Lipinski definition) is 1. The minimum Gasteiger partial charge on any atom is -0.489 e. The summed E-state index contributed by atoms with van der Waals surface area (Å²) >= 11 is 0. The van der Waals surface area contributed by atoms with Gasteiger partial charge in [0.2, 0.25) is 0 Å². The fraction of sp³-hybridized carbons (Fsp3) is 0.118. The molecule has 0 fully saturated rings. The zero-order valence-electron chi connectivity index (χ0n) is 11.3. The molecule has 3 rings (SSSR count). The molecule has 0 aliphatic carbocycles. The summed E-state index contributed by atoms with van der Waals surface area (Å²) in [5.74, 6) is 0.853. The van der Waals surface area contributed by atoms with E-state index in [0.29, 0.717) is 6.61 Å². The SMILES string of the molecule is CNc1ccnc2ccc(OCc3ccccc3)cc12. The zero-order valence-corrected chi connectivity index (χ0v) is 11.3. The number of nitrogens with zero attached hydrogens (tertiary/aromatic N) is 1. The summed E-state index contributed by atoms with van der Waals surface area (Å²) in [4.78, 5) is 4.35. The van der Waals surface area contributed by atoms with Gasteiger partial charge >= 0.3 is 0 Å². The Hall–Kier alpha value is -2.55. The molecular formula is C17H16N2O. The highest BCUT2D eigenvalue weighted by atomic mass is 16.5. The summed E-state index contributed by atoms with van der Waals surface area (Å²) in [6.45, 7) is 0.571. The van der Waals surface area contributed by atoms with Crippen LogP contribution in [0.5, 0.6) is 5.75 Å². The Balaban J connectivity index is 1.85. The fourth-order valence-electron chi connectivity index (χ4n) is 2.17. The van der Waals surface area contributed by atoms with E-state index in [4.69, 9.17) is 4.74 Å². The highest BCUT2D eigenvalue weighted by Crippen LogP contribution is 2.26. The first-order valence-corrected chi connectivity index (χ1v) is 6.60. The van der Waals surface area contributed by atoms with E-state index in [1.54, 1.807) is 6.20 Å². The van der Waals surface area contributed by atoms with Crippen LogP contribution in [0, 0.1) is 0 Å². The van der Waals surface area contributed by atoms with Crippen LogP contribution in [0.1, 0.15) is 5.56 Å². The number of ether oxygens (including phenoxy) is 1. The van der Waals surface area contributed by atoms with Crippen LogP contribution in [-0.2, 0) is 6.61 Å². The van der Waals surface area contributed by atoms with Gasteiger partial charge in [-0.2, -0.15) is 0 Å². The Bertz CT molecular complexity index is 711. The Kier molecular flexibility index (Phi) is 3.50. The van der Waals surface area contributed by atoms with Crippen molar-refractivity contribution < 1.29 is 4.74 Å². The van der Waals surface area contributed by atoms with Crippen molar-refractivity contribution >= 4 is 16.6 Å². The predicted octanol–water partition coefficient (Wildman–Crippen LogP) is 3.86. The van der Waals surface area contributed by atoms with Crippen LogP contribution in [0.15, 0.2) is 60.8 Å². The minimum atomic E-state index is 0.571. The molecule has 3 nitrogen and oxygen atoms in total. The van der Waals surface area contributed by atoms with E-state index in [9.17, 15) is 0 Å². The predicted molar refractivity (Wildman–Crippen MR) is 82.1 cm³/mol. The van der Waals surface area contributed by atoms with E-state index in [1.807, 2.05) is 49.5 Å². The summed E-state index contributed by atoms with van der Waals surface area (Å²) in [7, 11) is 1.91. The van der Waals surface area contributed by atoms with Gasteiger partial charge in [-0.3, -0.25) is 4.98 Å². The number of rotatable bonds is 4. The Morgan fingerprint density at radius 1 is 1.05 bits per heavy atom. The molecule has 0 aliphatic rings. The van der Waals surface area contributed by atoms with Crippen LogP contribution >= 0.6 is 0 Å². The van der Waals surface area contributed by atoms with E-state index < -0.39 is 0 Å². The van der Waals surface area contributed by atoms with Crippen molar-refractivity contribution in [3.63, 3.8) is 0 Å². The largest absolute Gasteiger partial charge is 0.489 e. The molecule has 0 spiro atoms. The smallest absolute Gasteiger partial charge is 0.120 e. The van der Waals surface area contributed by atoms with Gasteiger partial charge in [0.15, 0.2) is 0 Å². The van der Waals surface area contributed by atoms with Crippen LogP contribution in [0.2, 0.25) is 0 Å². The van der Waals surface area contributed by atoms with Crippen molar-refractivity contribution in [3.8, 4) is 5.75 Å². The standard InChI is InChI=1S/C17H16N2O/c1-18-16-9-10-19-17-8-7-14(11-15(16)17)20-12-13-5-3-2-4-6-13/h2-11H,12H2,1H3,(H,18,19). The highest BCUT2D eigenvalue weighted by molar-refractivity contribution is 5.91. The van der Waals surface area contributed by atoms with Gasteiger partial charge in [0.25, 0.3) is 0 Å². The number of aromatic nitrogens is 1. The number of fused-ring (bicyclic) bond motifs is 1. The highest BCUT2D eigenvalue weighted by Gasteiger charge is 2.03. The van der Waals surface area contributed by atoms with E-state index in [0.717, 1.165) is 27.9 Å². The molecule has 0 atom stereocenters. The maximum atomic E-state index is 5.84. The first kappa shape index (κ1) is 12.5. The molecule has 1 heterocycles. The molecular weight excluding hydrogens is 248 g/mol. The molecule has 0 unspecified atom stereocenters. The van der Waals surface area contributed by atoms with Gasteiger partial charge in [-0.15, -0.1) is 0 Å². The summed E-state index contributed by atoms with van der Waals surface area (Å²) in [6, 6.07) is 18.1. The van der Waals surface area contributed by atoms with Crippen LogP contribution in [0.4, 0.5) is 5.69 Å². The Labute approximate surface area is 118 Å². The third kappa shape index (κ3) is 2.57. The fourth-order valence-corrected chi connectivity index (χ4v) is 2.17. The molecule has 0 radical (unpaired) electrons. The van der Waals surface area contributed by atoms with Crippen molar-refractivity contribution in [2.24, 2.45) is 0 Å². The average Bonchev–Trinajstić information content (AvgIpc) is 2.53. The van der Waals surface area contributed by atoms with Crippen LogP contribution in [-0.4, -0.2) is 12.0 Å². The molecule has 1 N–H and O–H groups in total. The van der Waals surface area contributed by atoms with Crippen molar-refractivity contribution in [1.82, 2.24) is 4.98 Å². The molecule has 100 valence electrons. The topological polar surface area (TPSA) is 34.2 Å². The molecule has 0 bridgehead atoms. The molecule has 3 aromatic rings. The van der Waals surface area contributed by atoms with Gasteiger partial charge in [0.05, 0.1) is 5.52 Å². The first-order valence-electron chi connectivity index (χ1n) is 6.60. The molecule has 2 aromatic carbocycles. The average molecular weight is 264 g/mol. The van der Waals surface area contributed by atoms with Gasteiger partial charge in [-0.25, -0.2) is 0 Å². The van der Waals surface area contributed by atoms with Gasteiger partial charge in [-0.05, 0) is 29.8 Å². The Morgan fingerprint density at radius 2 is 1.90 bits per heavy atom. The normalized spacial score (nSPS) is 10.4. The van der Waals surface area contributed by atoms with Crippen molar-refractivity contribution in [1.29, 1.82) is 0 Å². The maximum absolute atomic E-state index is 5.84. The van der Waals surface area contributed by atoms with Crippen LogP contribution in [0.3, 0.4) is 0 Å². The lowest BCUT2D eigenvalue weighted by Crippen LogP contribution is -1.96. The lowest BCUT2D eigenvalue weighted by atomic mass is 10.2. The quantitative estimate of drug-likeness (QED) is 0.777. The summed E-state index contributed by atoms with van der Waals surface area (Å²) in [5.41, 5.74) is 3.18. The second-order valence-corrected chi connectivity index (χ2v) is 4.56. The molecule has 0 saturated heterocycles. The molecule has 20 heavy (non-hydrogen) atoms. The number of hydrogen-bond acceptors (Lipinski definition) is 3. The van der Waals surface area contributed by atoms with E-state index in [2.05, 4.69) is 22.4 Å². The summed E-state index contributed by atoms with van der Waals surface area (Å²) in [6.07, 6.45) is 1.80. The monoisotopic (exact) mass is 264 g/mol.